The molecule has 2 N–H and O–H groups in total. The maximum absolute atomic E-state index is 11.6. The summed E-state index contributed by atoms with van der Waals surface area (Å²) < 4.78 is 0. The summed E-state index contributed by atoms with van der Waals surface area (Å²) in [6, 6.07) is 0. The maximum Gasteiger partial charge on any atom is 0.239 e. The van der Waals surface area contributed by atoms with Crippen molar-refractivity contribution in [3.8, 4) is 0 Å². The fourth-order valence-corrected chi connectivity index (χ4v) is 1.85. The van der Waals surface area contributed by atoms with Gasteiger partial charge in [0.1, 0.15) is 0 Å². The quantitative estimate of drug-likeness (QED) is 0.769. The van der Waals surface area contributed by atoms with Gasteiger partial charge in [0.05, 0.1) is 12.7 Å². The number of aromatic nitrogens is 2. The number of likely N-dealkylation sites (tertiary alicyclic amines) is 1. The van der Waals surface area contributed by atoms with Crippen LogP contribution in [-0.2, 0) is 16.1 Å². The number of nitrogens with zero attached hydrogens (tertiary/aromatic N) is 2. The number of aryl methyl sites for hydroxylation is 1. The molecule has 2 amide bonds. The second-order valence-corrected chi connectivity index (χ2v) is 4.22. The van der Waals surface area contributed by atoms with Crippen LogP contribution in [0.25, 0.3) is 0 Å². The van der Waals surface area contributed by atoms with Crippen molar-refractivity contribution in [2.24, 2.45) is 0 Å². The van der Waals surface area contributed by atoms with E-state index < -0.39 is 0 Å². The molecule has 2 rings (SSSR count). The predicted molar refractivity (Wildman–Crippen MR) is 61.0 cm³/mol. The molecule has 6 nitrogen and oxygen atoms in total. The van der Waals surface area contributed by atoms with Gasteiger partial charge >= 0.3 is 0 Å². The highest BCUT2D eigenvalue weighted by Crippen LogP contribution is 2.08. The van der Waals surface area contributed by atoms with E-state index in [1.165, 1.54) is 0 Å². The Bertz CT molecular complexity index is 427. The van der Waals surface area contributed by atoms with Gasteiger partial charge in [-0.25, -0.2) is 0 Å². The number of nitrogens with one attached hydrogen (secondary N) is 2. The van der Waals surface area contributed by atoms with Crippen molar-refractivity contribution in [3.63, 3.8) is 0 Å². The van der Waals surface area contributed by atoms with Crippen LogP contribution in [0.4, 0.5) is 0 Å². The molecule has 0 bridgehead atoms. The highest BCUT2D eigenvalue weighted by molar-refractivity contribution is 5.85. The van der Waals surface area contributed by atoms with Crippen LogP contribution in [0.1, 0.15) is 24.1 Å². The van der Waals surface area contributed by atoms with Crippen molar-refractivity contribution in [3.05, 3.63) is 17.5 Å². The number of carbonyl (C=O) groups excluding carboxylic acids is 2. The molecule has 1 fully saturated rings. The van der Waals surface area contributed by atoms with E-state index in [-0.39, 0.29) is 18.4 Å². The zero-order valence-corrected chi connectivity index (χ0v) is 9.82. The summed E-state index contributed by atoms with van der Waals surface area (Å²) >= 11 is 0. The summed E-state index contributed by atoms with van der Waals surface area (Å²) in [5, 5.41) is 9.46. The molecular weight excluding hydrogens is 220 g/mol. The lowest BCUT2D eigenvalue weighted by molar-refractivity contribution is -0.133. The first-order chi connectivity index (χ1) is 8.16. The van der Waals surface area contributed by atoms with E-state index in [1.807, 2.05) is 6.92 Å². The Kier molecular flexibility index (Phi) is 3.41. The molecule has 1 saturated heterocycles. The molecule has 0 aliphatic carbocycles. The average molecular weight is 236 g/mol. The lowest BCUT2D eigenvalue weighted by atomic mass is 10.2. The SMILES string of the molecule is Cc1[nH]ncc1CNC(=O)CN1CCCC1=O. The molecule has 1 aromatic rings. The number of H-pyrrole nitrogens is 1. The molecule has 1 aliphatic heterocycles. The Morgan fingerprint density at radius 1 is 1.65 bits per heavy atom. The highest BCUT2D eigenvalue weighted by atomic mass is 16.2. The Morgan fingerprint density at radius 3 is 3.06 bits per heavy atom. The summed E-state index contributed by atoms with van der Waals surface area (Å²) in [6.45, 7) is 3.20. The van der Waals surface area contributed by atoms with Crippen molar-refractivity contribution in [2.45, 2.75) is 26.3 Å². The summed E-state index contributed by atoms with van der Waals surface area (Å²) in [5.41, 5.74) is 1.91. The van der Waals surface area contributed by atoms with Crippen molar-refractivity contribution in [2.75, 3.05) is 13.1 Å². The van der Waals surface area contributed by atoms with E-state index in [0.29, 0.717) is 19.5 Å². The molecule has 0 unspecified atom stereocenters. The second-order valence-electron chi connectivity index (χ2n) is 4.22. The zero-order valence-electron chi connectivity index (χ0n) is 9.82. The van der Waals surface area contributed by atoms with Gasteiger partial charge in [0.2, 0.25) is 11.8 Å². The van der Waals surface area contributed by atoms with E-state index in [2.05, 4.69) is 15.5 Å². The molecule has 0 radical (unpaired) electrons. The number of hydrogen-bond acceptors (Lipinski definition) is 3. The molecule has 1 aliphatic rings. The largest absolute Gasteiger partial charge is 0.350 e. The smallest absolute Gasteiger partial charge is 0.239 e. The molecular formula is C11H16N4O2. The van der Waals surface area contributed by atoms with Gasteiger partial charge in [-0.15, -0.1) is 0 Å². The van der Waals surface area contributed by atoms with Crippen LogP contribution >= 0.6 is 0 Å². The number of aromatic amines is 1. The second kappa shape index (κ2) is 4.99. The molecule has 17 heavy (non-hydrogen) atoms. The molecule has 6 heteroatoms. The van der Waals surface area contributed by atoms with Crippen LogP contribution in [-0.4, -0.2) is 40.0 Å². The van der Waals surface area contributed by atoms with Crippen LogP contribution in [0.3, 0.4) is 0 Å². The first-order valence-electron chi connectivity index (χ1n) is 5.70. The highest BCUT2D eigenvalue weighted by Gasteiger charge is 2.22. The number of rotatable bonds is 4. The third-order valence-electron chi connectivity index (χ3n) is 2.92. The van der Waals surface area contributed by atoms with Crippen molar-refractivity contribution in [1.82, 2.24) is 20.4 Å². The maximum atomic E-state index is 11.6. The van der Waals surface area contributed by atoms with E-state index >= 15 is 0 Å². The first kappa shape index (κ1) is 11.6. The monoisotopic (exact) mass is 236 g/mol. The van der Waals surface area contributed by atoms with Crippen LogP contribution < -0.4 is 5.32 Å². The van der Waals surface area contributed by atoms with E-state index in [9.17, 15) is 9.59 Å². The number of amides is 2. The van der Waals surface area contributed by atoms with Gasteiger partial charge in [-0.05, 0) is 13.3 Å². The third kappa shape index (κ3) is 2.83. The van der Waals surface area contributed by atoms with Gasteiger partial charge in [0.15, 0.2) is 0 Å². The van der Waals surface area contributed by atoms with E-state index in [0.717, 1.165) is 17.7 Å². The predicted octanol–water partition coefficient (Wildman–Crippen LogP) is -0.0433. The van der Waals surface area contributed by atoms with Gasteiger partial charge in [0.25, 0.3) is 0 Å². The number of hydrogen-bond donors (Lipinski definition) is 2. The normalized spacial score (nSPS) is 15.4. The summed E-state index contributed by atoms with van der Waals surface area (Å²) in [5.74, 6) is -0.0551. The fourth-order valence-electron chi connectivity index (χ4n) is 1.85. The van der Waals surface area contributed by atoms with Crippen LogP contribution in [0.2, 0.25) is 0 Å². The standard InChI is InChI=1S/C11H16N4O2/c1-8-9(6-13-14-8)5-12-10(16)7-15-4-2-3-11(15)17/h6H,2-5,7H2,1H3,(H,12,16)(H,13,14). The van der Waals surface area contributed by atoms with Gasteiger partial charge in [-0.2, -0.15) is 5.10 Å². The van der Waals surface area contributed by atoms with Crippen LogP contribution in [0.5, 0.6) is 0 Å². The minimum atomic E-state index is -0.124. The lowest BCUT2D eigenvalue weighted by Crippen LogP contribution is -2.37. The molecule has 0 spiro atoms. The van der Waals surface area contributed by atoms with E-state index in [1.54, 1.807) is 11.1 Å². The number of carbonyl (C=O) groups is 2. The van der Waals surface area contributed by atoms with Crippen molar-refractivity contribution < 1.29 is 9.59 Å². The Labute approximate surface area is 99.4 Å². The zero-order chi connectivity index (χ0) is 12.3. The Morgan fingerprint density at radius 2 is 2.47 bits per heavy atom. The minimum absolute atomic E-state index is 0.0691. The summed E-state index contributed by atoms with van der Waals surface area (Å²) in [4.78, 5) is 24.5. The Balaban J connectivity index is 1.78. The van der Waals surface area contributed by atoms with Crippen LogP contribution in [0, 0.1) is 6.92 Å². The van der Waals surface area contributed by atoms with Gasteiger partial charge in [-0.1, -0.05) is 0 Å². The third-order valence-corrected chi connectivity index (χ3v) is 2.92. The molecule has 92 valence electrons. The topological polar surface area (TPSA) is 78.1 Å². The van der Waals surface area contributed by atoms with E-state index in [4.69, 9.17) is 0 Å². The summed E-state index contributed by atoms with van der Waals surface area (Å²) in [6.07, 6.45) is 3.11. The van der Waals surface area contributed by atoms with Crippen molar-refractivity contribution in [1.29, 1.82) is 0 Å². The summed E-state index contributed by atoms with van der Waals surface area (Å²) in [7, 11) is 0. The molecule has 0 atom stereocenters. The molecule has 1 aromatic heterocycles. The first-order valence-corrected chi connectivity index (χ1v) is 5.70. The Hall–Kier alpha value is -1.85. The minimum Gasteiger partial charge on any atom is -0.350 e. The van der Waals surface area contributed by atoms with Crippen LogP contribution in [0.15, 0.2) is 6.20 Å². The molecule has 0 saturated carbocycles. The van der Waals surface area contributed by atoms with Gasteiger partial charge in [-0.3, -0.25) is 14.7 Å². The lowest BCUT2D eigenvalue weighted by Gasteiger charge is -2.14. The van der Waals surface area contributed by atoms with Crippen molar-refractivity contribution >= 4 is 11.8 Å². The fraction of sp³-hybridized carbons (Fsp3) is 0.545. The molecule has 0 aromatic carbocycles. The average Bonchev–Trinajstić information content (AvgIpc) is 2.86. The van der Waals surface area contributed by atoms with Gasteiger partial charge < -0.3 is 10.2 Å². The van der Waals surface area contributed by atoms with Gasteiger partial charge in [0, 0.05) is 30.8 Å². The molecule has 2 heterocycles.